The third kappa shape index (κ3) is 3.26. The lowest BCUT2D eigenvalue weighted by molar-refractivity contribution is -0.122. The second-order valence-corrected chi connectivity index (χ2v) is 6.22. The van der Waals surface area contributed by atoms with E-state index in [4.69, 9.17) is 21.7 Å². The highest BCUT2D eigenvalue weighted by atomic mass is 32.1. The quantitative estimate of drug-likeness (QED) is 0.506. The lowest BCUT2D eigenvalue weighted by Gasteiger charge is -2.30. The van der Waals surface area contributed by atoms with E-state index in [2.05, 4.69) is 5.32 Å². The average molecular weight is 374 g/mol. The molecule has 1 aromatic heterocycles. The molecule has 0 spiro atoms. The van der Waals surface area contributed by atoms with Crippen LogP contribution in [0.3, 0.4) is 0 Å². The van der Waals surface area contributed by atoms with Gasteiger partial charge in [0.05, 0.1) is 19.9 Å². The second kappa shape index (κ2) is 7.04. The van der Waals surface area contributed by atoms with Crippen molar-refractivity contribution < 1.29 is 19.1 Å². The molecule has 0 atom stereocenters. The highest BCUT2D eigenvalue weighted by molar-refractivity contribution is 7.80. The minimum absolute atomic E-state index is 0.000866. The summed E-state index contributed by atoms with van der Waals surface area (Å²) in [6.45, 7) is 0. The van der Waals surface area contributed by atoms with Crippen molar-refractivity contribution in [2.75, 3.05) is 19.1 Å². The number of methoxy groups -OCH3 is 2. The summed E-state index contributed by atoms with van der Waals surface area (Å²) >= 11 is 6.67. The largest absolute Gasteiger partial charge is 0.497 e. The molecular weight excluding hydrogens is 360 g/mol. The van der Waals surface area contributed by atoms with Crippen LogP contribution < -0.4 is 19.7 Å². The van der Waals surface area contributed by atoms with Gasteiger partial charge in [-0.25, -0.2) is 4.90 Å². The number of rotatable bonds is 4. The molecule has 2 aromatic rings. The molecule has 0 aliphatic carbocycles. The Morgan fingerprint density at radius 2 is 2.00 bits per heavy atom. The van der Waals surface area contributed by atoms with Crippen molar-refractivity contribution in [3.63, 3.8) is 0 Å². The molecule has 1 aliphatic rings. The first-order valence-electron chi connectivity index (χ1n) is 7.21. The van der Waals surface area contributed by atoms with Crippen LogP contribution in [0.4, 0.5) is 5.69 Å². The predicted octanol–water partition coefficient (Wildman–Crippen LogP) is 2.60. The summed E-state index contributed by atoms with van der Waals surface area (Å²) in [5.41, 5.74) is 1.21. The van der Waals surface area contributed by atoms with E-state index in [-0.39, 0.29) is 10.7 Å². The lowest BCUT2D eigenvalue weighted by Crippen LogP contribution is -2.54. The highest BCUT2D eigenvalue weighted by Gasteiger charge is 2.35. The summed E-state index contributed by atoms with van der Waals surface area (Å²) in [6.07, 6.45) is 1.54. The standard InChI is InChI=1S/C17H14N2O4S2/c1-22-11-3-4-13(14(8-11)23-2)19-16(21)12(15(20)18-17(19)24)7-10-5-6-25-9-10/h3-9H,1-2H3,(H,18,20,24)/b12-7+. The summed E-state index contributed by atoms with van der Waals surface area (Å²) in [7, 11) is 3.02. The van der Waals surface area contributed by atoms with Gasteiger partial charge in [-0.3, -0.25) is 14.9 Å². The normalized spacial score (nSPS) is 16.2. The Hall–Kier alpha value is -2.71. The molecule has 2 heterocycles. The van der Waals surface area contributed by atoms with Gasteiger partial charge in [-0.05, 0) is 52.8 Å². The summed E-state index contributed by atoms with van der Waals surface area (Å²) < 4.78 is 10.5. The van der Waals surface area contributed by atoms with Crippen LogP contribution in [0.15, 0.2) is 40.6 Å². The minimum Gasteiger partial charge on any atom is -0.497 e. The Balaban J connectivity index is 2.05. The molecule has 0 unspecified atom stereocenters. The third-order valence-corrected chi connectivity index (χ3v) is 4.57. The molecule has 2 amide bonds. The maximum atomic E-state index is 12.9. The molecule has 1 aliphatic heterocycles. The van der Waals surface area contributed by atoms with Gasteiger partial charge in [-0.1, -0.05) is 0 Å². The van der Waals surface area contributed by atoms with E-state index in [0.29, 0.717) is 17.2 Å². The molecule has 1 fully saturated rings. The number of anilines is 1. The van der Waals surface area contributed by atoms with Gasteiger partial charge in [-0.2, -0.15) is 11.3 Å². The number of carbonyl (C=O) groups excluding carboxylic acids is 2. The van der Waals surface area contributed by atoms with E-state index in [1.165, 1.54) is 30.5 Å². The Kier molecular flexibility index (Phi) is 4.82. The molecule has 1 saturated heterocycles. The number of nitrogens with zero attached hydrogens (tertiary/aromatic N) is 1. The second-order valence-electron chi connectivity index (χ2n) is 5.05. The van der Waals surface area contributed by atoms with Crippen molar-refractivity contribution in [2.24, 2.45) is 0 Å². The van der Waals surface area contributed by atoms with E-state index in [1.54, 1.807) is 24.3 Å². The Bertz CT molecular complexity index is 875. The summed E-state index contributed by atoms with van der Waals surface area (Å²) in [6, 6.07) is 6.81. The van der Waals surface area contributed by atoms with Gasteiger partial charge in [0.2, 0.25) is 0 Å². The van der Waals surface area contributed by atoms with Gasteiger partial charge in [0, 0.05) is 6.07 Å². The molecule has 1 aromatic carbocycles. The van der Waals surface area contributed by atoms with Crippen LogP contribution in [0.2, 0.25) is 0 Å². The van der Waals surface area contributed by atoms with Gasteiger partial charge >= 0.3 is 0 Å². The first kappa shape index (κ1) is 17.1. The maximum Gasteiger partial charge on any atom is 0.270 e. The molecule has 1 N–H and O–H groups in total. The topological polar surface area (TPSA) is 67.9 Å². The van der Waals surface area contributed by atoms with Crippen LogP contribution in [-0.4, -0.2) is 31.1 Å². The van der Waals surface area contributed by atoms with Crippen LogP contribution in [0.1, 0.15) is 5.56 Å². The third-order valence-electron chi connectivity index (χ3n) is 3.58. The first-order valence-corrected chi connectivity index (χ1v) is 8.56. The summed E-state index contributed by atoms with van der Waals surface area (Å²) in [4.78, 5) is 26.4. The fourth-order valence-corrected chi connectivity index (χ4v) is 3.26. The number of amides is 2. The van der Waals surface area contributed by atoms with Crippen molar-refractivity contribution in [3.8, 4) is 11.5 Å². The van der Waals surface area contributed by atoms with Gasteiger partial charge in [0.25, 0.3) is 11.8 Å². The monoisotopic (exact) mass is 374 g/mol. The minimum atomic E-state index is -0.523. The van der Waals surface area contributed by atoms with Crippen molar-refractivity contribution in [1.29, 1.82) is 0 Å². The van der Waals surface area contributed by atoms with E-state index in [0.717, 1.165) is 5.56 Å². The number of hydrogen-bond donors (Lipinski definition) is 1. The summed E-state index contributed by atoms with van der Waals surface area (Å²) in [5, 5.41) is 6.26. The van der Waals surface area contributed by atoms with E-state index in [9.17, 15) is 9.59 Å². The number of hydrogen-bond acceptors (Lipinski definition) is 6. The van der Waals surface area contributed by atoms with Crippen molar-refractivity contribution >= 4 is 52.2 Å². The molecule has 0 saturated carbocycles. The van der Waals surface area contributed by atoms with Gasteiger partial charge in [0.1, 0.15) is 17.1 Å². The highest BCUT2D eigenvalue weighted by Crippen LogP contribution is 2.34. The SMILES string of the molecule is COc1ccc(N2C(=O)/C(=C/c3ccsc3)C(=O)NC2=S)c(OC)c1. The van der Waals surface area contributed by atoms with Crippen LogP contribution in [0.25, 0.3) is 6.08 Å². The van der Waals surface area contributed by atoms with Crippen molar-refractivity contribution in [3.05, 3.63) is 46.2 Å². The van der Waals surface area contributed by atoms with Crippen LogP contribution in [0.5, 0.6) is 11.5 Å². The van der Waals surface area contributed by atoms with E-state index >= 15 is 0 Å². The smallest absolute Gasteiger partial charge is 0.270 e. The van der Waals surface area contributed by atoms with E-state index < -0.39 is 11.8 Å². The molecule has 6 nitrogen and oxygen atoms in total. The average Bonchev–Trinajstić information content (AvgIpc) is 3.12. The number of benzene rings is 1. The molecule has 128 valence electrons. The van der Waals surface area contributed by atoms with E-state index in [1.807, 2.05) is 16.8 Å². The maximum absolute atomic E-state index is 12.9. The van der Waals surface area contributed by atoms with Crippen LogP contribution >= 0.6 is 23.6 Å². The number of thiophene rings is 1. The Morgan fingerprint density at radius 3 is 2.64 bits per heavy atom. The van der Waals surface area contributed by atoms with Gasteiger partial charge in [0.15, 0.2) is 5.11 Å². The van der Waals surface area contributed by atoms with Crippen LogP contribution in [-0.2, 0) is 9.59 Å². The van der Waals surface area contributed by atoms with Crippen molar-refractivity contribution in [2.45, 2.75) is 0 Å². The molecule has 0 bridgehead atoms. The molecule has 25 heavy (non-hydrogen) atoms. The fraction of sp³-hybridized carbons (Fsp3) is 0.118. The fourth-order valence-electron chi connectivity index (χ4n) is 2.37. The first-order chi connectivity index (χ1) is 12.0. The molecule has 3 rings (SSSR count). The zero-order valence-corrected chi connectivity index (χ0v) is 15.1. The van der Waals surface area contributed by atoms with Gasteiger partial charge < -0.3 is 9.47 Å². The molecule has 8 heteroatoms. The molecular formula is C17H14N2O4S2. The lowest BCUT2D eigenvalue weighted by atomic mass is 10.1. The zero-order chi connectivity index (χ0) is 18.0. The number of ether oxygens (including phenoxy) is 2. The molecule has 0 radical (unpaired) electrons. The number of nitrogens with one attached hydrogen (secondary N) is 1. The Morgan fingerprint density at radius 1 is 1.20 bits per heavy atom. The Labute approximate surface area is 153 Å². The van der Waals surface area contributed by atoms with Gasteiger partial charge in [-0.15, -0.1) is 0 Å². The number of thiocarbonyl (C=S) groups is 1. The summed E-state index contributed by atoms with van der Waals surface area (Å²) in [5.74, 6) is -0.0523. The van der Waals surface area contributed by atoms with Crippen LogP contribution in [0, 0.1) is 0 Å². The number of carbonyl (C=O) groups is 2. The predicted molar refractivity (Wildman–Crippen MR) is 100 cm³/mol. The van der Waals surface area contributed by atoms with Crippen molar-refractivity contribution in [1.82, 2.24) is 5.32 Å². The zero-order valence-electron chi connectivity index (χ0n) is 13.4.